The molecular formula is C28H21F13S4. The van der Waals surface area contributed by atoms with Gasteiger partial charge in [-0.1, -0.05) is 0 Å². The quantitative estimate of drug-likeness (QED) is 0.135. The molecule has 4 heterocycles. The van der Waals surface area contributed by atoms with Crippen LogP contribution in [0.5, 0.6) is 0 Å². The average Bonchev–Trinajstić information content (AvgIpc) is 3.69. The van der Waals surface area contributed by atoms with Gasteiger partial charge in [-0.3, -0.25) is 0 Å². The molecule has 0 radical (unpaired) electrons. The smallest absolute Gasteiger partial charge is 0.200 e. The molecule has 0 aliphatic heterocycles. The maximum absolute atomic E-state index is 14.3. The fourth-order valence-electron chi connectivity index (χ4n) is 4.49. The third-order valence-corrected chi connectivity index (χ3v) is 11.8. The van der Waals surface area contributed by atoms with Crippen molar-refractivity contribution in [1.29, 1.82) is 0 Å². The molecule has 4 aromatic heterocycles. The Kier molecular flexibility index (Phi) is 9.41. The molecule has 0 bridgehead atoms. The molecule has 45 heavy (non-hydrogen) atoms. The minimum atomic E-state index is -7.88. The Hall–Kier alpha value is -2.11. The number of alkyl halides is 13. The lowest BCUT2D eigenvalue weighted by Crippen LogP contribution is -2.70. The highest BCUT2D eigenvalue weighted by Crippen LogP contribution is 2.61. The number of halogens is 13. The van der Waals surface area contributed by atoms with Crippen LogP contribution >= 0.6 is 45.3 Å². The van der Waals surface area contributed by atoms with Gasteiger partial charge in [0.15, 0.2) is 0 Å². The van der Waals surface area contributed by atoms with E-state index in [4.69, 9.17) is 0 Å². The number of hydrogen-bond acceptors (Lipinski definition) is 4. The zero-order valence-electron chi connectivity index (χ0n) is 23.1. The summed E-state index contributed by atoms with van der Waals surface area (Å²) in [6.45, 7) is 5.67. The molecule has 0 unspecified atom stereocenters. The second-order valence-corrected chi connectivity index (χ2v) is 14.9. The topological polar surface area (TPSA) is 0 Å². The van der Waals surface area contributed by atoms with E-state index in [1.807, 2.05) is 32.0 Å². The van der Waals surface area contributed by atoms with Crippen molar-refractivity contribution < 1.29 is 57.1 Å². The van der Waals surface area contributed by atoms with Crippen LogP contribution in [-0.2, 0) is 6.42 Å². The van der Waals surface area contributed by atoms with Gasteiger partial charge in [0, 0.05) is 45.4 Å². The molecule has 0 saturated carbocycles. The molecule has 4 rings (SSSR count). The predicted molar refractivity (Wildman–Crippen MR) is 152 cm³/mol. The van der Waals surface area contributed by atoms with Gasteiger partial charge in [-0.05, 0) is 81.1 Å². The summed E-state index contributed by atoms with van der Waals surface area (Å²) in [5, 5.41) is 0. The van der Waals surface area contributed by atoms with Gasteiger partial charge in [-0.2, -0.15) is 57.1 Å². The van der Waals surface area contributed by atoms with Crippen molar-refractivity contribution in [3.05, 3.63) is 57.3 Å². The van der Waals surface area contributed by atoms with E-state index < -0.39 is 55.1 Å². The molecule has 0 aromatic carbocycles. The molecule has 0 aliphatic rings. The van der Waals surface area contributed by atoms with Gasteiger partial charge < -0.3 is 0 Å². The first-order valence-corrected chi connectivity index (χ1v) is 16.0. The zero-order valence-corrected chi connectivity index (χ0v) is 26.4. The molecule has 0 N–H and O–H groups in total. The Morgan fingerprint density at radius 3 is 1.44 bits per heavy atom. The summed E-state index contributed by atoms with van der Waals surface area (Å²) in [5.41, 5.74) is 1.48. The van der Waals surface area contributed by atoms with E-state index in [1.54, 1.807) is 35.7 Å². The van der Waals surface area contributed by atoms with Gasteiger partial charge in [0.2, 0.25) is 0 Å². The summed E-state index contributed by atoms with van der Waals surface area (Å²) < 4.78 is 175. The van der Waals surface area contributed by atoms with E-state index in [2.05, 4.69) is 6.07 Å². The molecule has 0 atom stereocenters. The molecule has 17 heteroatoms. The highest BCUT2D eigenvalue weighted by atomic mass is 32.1. The molecule has 0 saturated heterocycles. The third-order valence-electron chi connectivity index (χ3n) is 6.81. The highest BCUT2D eigenvalue weighted by molar-refractivity contribution is 7.28. The van der Waals surface area contributed by atoms with Crippen LogP contribution in [0.4, 0.5) is 57.1 Å². The Morgan fingerprint density at radius 1 is 0.511 bits per heavy atom. The summed E-state index contributed by atoms with van der Waals surface area (Å²) in [6, 6.07) is 11.1. The van der Waals surface area contributed by atoms with Crippen LogP contribution in [0, 0.1) is 20.8 Å². The zero-order chi connectivity index (χ0) is 34.0. The van der Waals surface area contributed by atoms with Crippen molar-refractivity contribution in [3.8, 4) is 29.3 Å². The Morgan fingerprint density at radius 2 is 0.956 bits per heavy atom. The molecule has 0 fully saturated rings. The van der Waals surface area contributed by atoms with E-state index in [9.17, 15) is 57.1 Å². The maximum Gasteiger partial charge on any atom is 0.460 e. The first kappa shape index (κ1) is 35.7. The van der Waals surface area contributed by atoms with Crippen LogP contribution < -0.4 is 0 Å². The normalized spacial score (nSPS) is 14.0. The van der Waals surface area contributed by atoms with Crippen molar-refractivity contribution in [1.82, 2.24) is 0 Å². The van der Waals surface area contributed by atoms with Crippen molar-refractivity contribution in [3.63, 3.8) is 0 Å². The van der Waals surface area contributed by atoms with E-state index in [0.717, 1.165) is 29.9 Å². The Balaban J connectivity index is 1.51. The van der Waals surface area contributed by atoms with Gasteiger partial charge in [0.1, 0.15) is 0 Å². The fourth-order valence-corrected chi connectivity index (χ4v) is 9.00. The predicted octanol–water partition coefficient (Wildman–Crippen LogP) is 12.9. The first-order valence-electron chi connectivity index (χ1n) is 12.8. The lowest BCUT2D eigenvalue weighted by molar-refractivity contribution is -0.440. The summed E-state index contributed by atoms with van der Waals surface area (Å²) in [5.74, 6) is -36.7. The van der Waals surface area contributed by atoms with Gasteiger partial charge in [0.05, 0.1) is 0 Å². The molecule has 0 nitrogen and oxygen atoms in total. The largest absolute Gasteiger partial charge is 0.460 e. The van der Waals surface area contributed by atoms with Crippen LogP contribution in [0.2, 0.25) is 0 Å². The Bertz CT molecular complexity index is 1650. The molecule has 0 amide bonds. The van der Waals surface area contributed by atoms with Crippen LogP contribution in [-0.4, -0.2) is 35.8 Å². The van der Waals surface area contributed by atoms with Gasteiger partial charge >= 0.3 is 35.8 Å². The minimum Gasteiger partial charge on any atom is -0.200 e. The molecule has 4 aromatic rings. The third kappa shape index (κ3) is 6.18. The summed E-state index contributed by atoms with van der Waals surface area (Å²) in [6.07, 6.45) is -11.1. The van der Waals surface area contributed by atoms with Gasteiger partial charge in [0.25, 0.3) is 0 Å². The van der Waals surface area contributed by atoms with Crippen LogP contribution in [0.3, 0.4) is 0 Å². The Labute approximate surface area is 264 Å². The fraction of sp³-hybridized carbons (Fsp3) is 0.429. The average molecular weight is 733 g/mol. The van der Waals surface area contributed by atoms with E-state index in [-0.39, 0.29) is 0 Å². The van der Waals surface area contributed by atoms with Crippen LogP contribution in [0.15, 0.2) is 36.4 Å². The van der Waals surface area contributed by atoms with E-state index >= 15 is 0 Å². The first-order chi connectivity index (χ1) is 20.4. The van der Waals surface area contributed by atoms with Crippen LogP contribution in [0.25, 0.3) is 29.3 Å². The van der Waals surface area contributed by atoms with E-state index in [0.29, 0.717) is 20.2 Å². The van der Waals surface area contributed by atoms with Crippen molar-refractivity contribution in [2.45, 2.75) is 75.8 Å². The van der Waals surface area contributed by atoms with Crippen molar-refractivity contribution >= 4 is 45.3 Å². The lowest BCUT2D eigenvalue weighted by atomic mass is 9.91. The highest BCUT2D eigenvalue weighted by Gasteiger charge is 2.90. The lowest BCUT2D eigenvalue weighted by Gasteiger charge is -2.39. The second kappa shape index (κ2) is 11.8. The maximum atomic E-state index is 14.3. The van der Waals surface area contributed by atoms with Crippen molar-refractivity contribution in [2.75, 3.05) is 0 Å². The van der Waals surface area contributed by atoms with Gasteiger partial charge in [-0.25, -0.2) is 0 Å². The standard InChI is InChI=1S/C28H21F13S4/c1-13-11-14(2)42-21(13)19-8-6-17(44-19)18-7-9-20(45-18)22-16(12-15(3)43-22)5-4-10-23(29,30)24(31,32)25(33,34)26(35,36)27(37,38)28(39,40)41/h6-9,11-12H,4-5,10H2,1-3H3. The minimum absolute atomic E-state index is 0.349. The summed E-state index contributed by atoms with van der Waals surface area (Å²) in [4.78, 5) is 7.07. The molecule has 0 spiro atoms. The monoisotopic (exact) mass is 732 g/mol. The molecular weight excluding hydrogens is 712 g/mol. The number of aryl methyl sites for hydroxylation is 4. The van der Waals surface area contributed by atoms with Crippen LogP contribution in [0.1, 0.15) is 33.7 Å². The SMILES string of the molecule is Cc1cc(C)c(-c2ccc(-c3ccc(-c4sc(C)cc4CCCC(F)(F)C(F)(F)C(F)(F)C(F)(F)C(F)(F)C(F)(F)F)s3)s2)s1. The number of rotatable bonds is 11. The second-order valence-electron chi connectivity index (χ2n) is 10.3. The number of thiophene rings is 4. The summed E-state index contributed by atoms with van der Waals surface area (Å²) in [7, 11) is 0. The van der Waals surface area contributed by atoms with E-state index in [1.165, 1.54) is 28.7 Å². The number of hydrogen-bond donors (Lipinski definition) is 0. The molecule has 0 aliphatic carbocycles. The van der Waals surface area contributed by atoms with Crippen molar-refractivity contribution in [2.24, 2.45) is 0 Å². The van der Waals surface area contributed by atoms with Gasteiger partial charge in [-0.15, -0.1) is 45.3 Å². The summed E-state index contributed by atoms with van der Waals surface area (Å²) >= 11 is 5.79. The molecule has 248 valence electrons.